The number of carbonyl (C=O) groups is 1. The summed E-state index contributed by atoms with van der Waals surface area (Å²) in [5.41, 5.74) is 7.15. The van der Waals surface area contributed by atoms with Crippen LogP contribution in [0.2, 0.25) is 0 Å². The van der Waals surface area contributed by atoms with Gasteiger partial charge < -0.3 is 19.9 Å². The lowest BCUT2D eigenvalue weighted by atomic mass is 9.99. The number of aryl methyl sites for hydroxylation is 2. The van der Waals surface area contributed by atoms with Crippen LogP contribution in [0, 0.1) is 6.92 Å². The molecule has 57 heavy (non-hydrogen) atoms. The van der Waals surface area contributed by atoms with Gasteiger partial charge in [0.1, 0.15) is 6.04 Å². The number of rotatable bonds is 15. The summed E-state index contributed by atoms with van der Waals surface area (Å²) in [6.07, 6.45) is -0.266. The number of aliphatic hydroxyl groups is 1. The maximum absolute atomic E-state index is 13.7. The molecule has 294 valence electrons. The molecule has 6 aromatic rings. The maximum Gasteiger partial charge on any atom is 0.241 e. The molecule has 1 fully saturated rings. The number of sulfonamides is 1. The monoisotopic (exact) mass is 804 g/mol. The zero-order chi connectivity index (χ0) is 39.8. The fourth-order valence-electron chi connectivity index (χ4n) is 6.58. The van der Waals surface area contributed by atoms with Gasteiger partial charge in [-0.05, 0) is 81.4 Å². The number of ether oxygens (including phenoxy) is 2. The first kappa shape index (κ1) is 40.0. The second-order valence-electron chi connectivity index (χ2n) is 14.0. The molecule has 14 heteroatoms. The molecule has 1 aliphatic rings. The molecule has 1 amide bonds. The van der Waals surface area contributed by atoms with Gasteiger partial charge >= 0.3 is 0 Å². The van der Waals surface area contributed by atoms with Crippen molar-refractivity contribution in [2.45, 2.75) is 67.5 Å². The average Bonchev–Trinajstić information content (AvgIpc) is 3.66. The highest BCUT2D eigenvalue weighted by Crippen LogP contribution is 2.40. The van der Waals surface area contributed by atoms with Gasteiger partial charge in [-0.25, -0.2) is 13.1 Å². The smallest absolute Gasteiger partial charge is 0.241 e. The van der Waals surface area contributed by atoms with Crippen LogP contribution in [0.25, 0.3) is 11.1 Å². The molecule has 2 heterocycles. The van der Waals surface area contributed by atoms with Crippen molar-refractivity contribution >= 4 is 27.7 Å². The van der Waals surface area contributed by atoms with E-state index in [1.54, 1.807) is 23.9 Å². The van der Waals surface area contributed by atoms with Crippen LogP contribution in [0.4, 0.5) is 0 Å². The van der Waals surface area contributed by atoms with Crippen LogP contribution in [0.3, 0.4) is 0 Å². The molecule has 0 radical (unpaired) electrons. The highest BCUT2D eigenvalue weighted by atomic mass is 32.2. The lowest BCUT2D eigenvalue weighted by Crippen LogP contribution is -2.47. The van der Waals surface area contributed by atoms with Crippen molar-refractivity contribution in [2.24, 2.45) is 7.05 Å². The Morgan fingerprint density at radius 2 is 1.58 bits per heavy atom. The number of nitrogens with zero attached hydrogens (tertiary/aromatic N) is 4. The Morgan fingerprint density at radius 3 is 2.30 bits per heavy atom. The minimum atomic E-state index is -3.97. The number of benzene rings is 5. The molecule has 4 atom stereocenters. The standard InChI is InChI=1S/C43H44N6O6S2/c1-29-14-20-38(21-15-29)57(52,53)46-39(23-30-8-4-3-5-9-30)41(51)44-26-32-10-6-11-34(22-32)35-12-7-13-36(24-35)42-54-37(28-56-43-45-47-48-49(43)2)25-40(55-42)33-18-16-31(27-50)17-19-33/h3-22,24,37,39-40,42,46,50H,23,25-28H2,1-2H3,(H,44,51)/t37-,39+,40+,42+/m0/s1. The number of aliphatic hydroxyl groups excluding tert-OH is 1. The Morgan fingerprint density at radius 1 is 0.860 bits per heavy atom. The van der Waals surface area contributed by atoms with Crippen molar-refractivity contribution in [3.8, 4) is 11.1 Å². The lowest BCUT2D eigenvalue weighted by Gasteiger charge is -2.36. The van der Waals surface area contributed by atoms with Gasteiger partial charge in [-0.2, -0.15) is 4.72 Å². The summed E-state index contributed by atoms with van der Waals surface area (Å²) in [4.78, 5) is 13.8. The predicted molar refractivity (Wildman–Crippen MR) is 217 cm³/mol. The number of thioether (sulfide) groups is 1. The topological polar surface area (TPSA) is 158 Å². The van der Waals surface area contributed by atoms with Gasteiger partial charge in [0.25, 0.3) is 0 Å². The van der Waals surface area contributed by atoms with Crippen LogP contribution in [-0.4, -0.2) is 57.5 Å². The van der Waals surface area contributed by atoms with Crippen LogP contribution >= 0.6 is 11.8 Å². The van der Waals surface area contributed by atoms with E-state index >= 15 is 0 Å². The summed E-state index contributed by atoms with van der Waals surface area (Å²) in [6, 6.07) is 38.5. The van der Waals surface area contributed by atoms with Crippen LogP contribution in [0.1, 0.15) is 52.2 Å². The van der Waals surface area contributed by atoms with Gasteiger partial charge in [0.2, 0.25) is 21.1 Å². The first-order chi connectivity index (χ1) is 27.6. The first-order valence-electron chi connectivity index (χ1n) is 18.6. The Hall–Kier alpha value is -5.22. The third-order valence-corrected chi connectivity index (χ3v) is 12.3. The van der Waals surface area contributed by atoms with Crippen molar-refractivity contribution in [3.05, 3.63) is 161 Å². The zero-order valence-corrected chi connectivity index (χ0v) is 33.2. The van der Waals surface area contributed by atoms with E-state index in [9.17, 15) is 18.3 Å². The third-order valence-electron chi connectivity index (χ3n) is 9.71. The van der Waals surface area contributed by atoms with Crippen molar-refractivity contribution in [2.75, 3.05) is 5.75 Å². The largest absolute Gasteiger partial charge is 0.392 e. The number of tetrazole rings is 1. The van der Waals surface area contributed by atoms with Gasteiger partial charge in [0.05, 0.1) is 23.7 Å². The highest BCUT2D eigenvalue weighted by molar-refractivity contribution is 7.99. The van der Waals surface area contributed by atoms with Crippen molar-refractivity contribution in [1.82, 2.24) is 30.2 Å². The SMILES string of the molecule is Cc1ccc(S(=O)(=O)N[C@H](Cc2ccccc2)C(=O)NCc2cccc(-c3cccc([C@@H]4O[C@H](CSc5nnnn5C)C[C@H](c5ccc(CO)cc5)O4)c3)c2)cc1. The van der Waals surface area contributed by atoms with Crippen LogP contribution in [-0.2, 0) is 50.9 Å². The van der Waals surface area contributed by atoms with Crippen LogP contribution < -0.4 is 10.0 Å². The highest BCUT2D eigenvalue weighted by Gasteiger charge is 2.33. The van der Waals surface area contributed by atoms with E-state index in [0.29, 0.717) is 17.3 Å². The van der Waals surface area contributed by atoms with E-state index in [2.05, 4.69) is 25.6 Å². The minimum absolute atomic E-state index is 0.0340. The number of hydrogen-bond donors (Lipinski definition) is 3. The predicted octanol–water partition coefficient (Wildman–Crippen LogP) is 6.22. The molecule has 7 rings (SSSR count). The fraction of sp³-hybridized carbons (Fsp3) is 0.256. The number of hydrogen-bond acceptors (Lipinski definition) is 10. The molecule has 1 saturated heterocycles. The van der Waals surface area contributed by atoms with Gasteiger partial charge in [-0.1, -0.05) is 120 Å². The lowest BCUT2D eigenvalue weighted by molar-refractivity contribution is -0.245. The Bertz CT molecular complexity index is 2380. The van der Waals surface area contributed by atoms with E-state index in [1.165, 1.54) is 23.9 Å². The summed E-state index contributed by atoms with van der Waals surface area (Å²) in [5, 5.41) is 25.0. The molecule has 5 aromatic carbocycles. The van der Waals surface area contributed by atoms with Crippen LogP contribution in [0.5, 0.6) is 0 Å². The normalized spacial score (nSPS) is 17.6. The Kier molecular flexibility index (Phi) is 12.9. The molecule has 1 aliphatic heterocycles. The van der Waals surface area contributed by atoms with Gasteiger partial charge in [-0.3, -0.25) is 4.79 Å². The summed E-state index contributed by atoms with van der Waals surface area (Å²) in [5.74, 6) is 0.184. The van der Waals surface area contributed by atoms with E-state index in [4.69, 9.17) is 9.47 Å². The van der Waals surface area contributed by atoms with Gasteiger partial charge in [0.15, 0.2) is 6.29 Å². The molecule has 0 bridgehead atoms. The van der Waals surface area contributed by atoms with Crippen molar-refractivity contribution < 1.29 is 27.8 Å². The van der Waals surface area contributed by atoms with E-state index < -0.39 is 28.3 Å². The molecule has 0 spiro atoms. The van der Waals surface area contributed by atoms with Crippen molar-refractivity contribution in [1.29, 1.82) is 0 Å². The third kappa shape index (κ3) is 10.4. The second kappa shape index (κ2) is 18.4. The van der Waals surface area contributed by atoms with Crippen molar-refractivity contribution in [3.63, 3.8) is 0 Å². The maximum atomic E-state index is 13.7. The van der Waals surface area contributed by atoms with Crippen LogP contribution in [0.15, 0.2) is 137 Å². The number of nitrogens with one attached hydrogen (secondary N) is 2. The van der Waals surface area contributed by atoms with Gasteiger partial charge in [-0.15, -0.1) is 5.10 Å². The average molecular weight is 805 g/mol. The quantitative estimate of drug-likeness (QED) is 0.102. The Labute approximate surface area is 336 Å². The van der Waals surface area contributed by atoms with E-state index in [0.717, 1.165) is 44.5 Å². The zero-order valence-electron chi connectivity index (χ0n) is 31.6. The molecule has 0 aliphatic carbocycles. The molecule has 0 saturated carbocycles. The number of aromatic nitrogens is 4. The van der Waals surface area contributed by atoms with E-state index in [1.807, 2.05) is 110 Å². The number of amides is 1. The minimum Gasteiger partial charge on any atom is -0.392 e. The molecule has 3 N–H and O–H groups in total. The summed E-state index contributed by atoms with van der Waals surface area (Å²) >= 11 is 1.52. The molecule has 1 aromatic heterocycles. The van der Waals surface area contributed by atoms with Gasteiger partial charge in [0, 0.05) is 31.3 Å². The summed E-state index contributed by atoms with van der Waals surface area (Å²) < 4.78 is 44.2. The summed E-state index contributed by atoms with van der Waals surface area (Å²) in [6.45, 7) is 2.04. The Balaban J connectivity index is 1.06. The molecular formula is C43H44N6O6S2. The molecule has 12 nitrogen and oxygen atoms in total. The second-order valence-corrected chi connectivity index (χ2v) is 16.7. The number of carbonyl (C=O) groups excluding carboxylic acids is 1. The molecule has 0 unspecified atom stereocenters. The fourth-order valence-corrected chi connectivity index (χ4v) is 8.64. The summed E-state index contributed by atoms with van der Waals surface area (Å²) in [7, 11) is -2.17. The first-order valence-corrected chi connectivity index (χ1v) is 21.1. The van der Waals surface area contributed by atoms with E-state index in [-0.39, 0.29) is 36.7 Å². The molecular weight excluding hydrogens is 761 g/mol.